The van der Waals surface area contributed by atoms with Crippen LogP contribution in [0, 0.1) is 13.8 Å². The zero-order valence-corrected chi connectivity index (χ0v) is 14.4. The molecule has 0 radical (unpaired) electrons. The van der Waals surface area contributed by atoms with Crippen LogP contribution in [0.4, 0.5) is 5.69 Å². The number of carbonyl (C=O) groups is 1. The zero-order valence-electron chi connectivity index (χ0n) is 12.0. The molecule has 1 aromatic carbocycles. The van der Waals surface area contributed by atoms with E-state index in [0.29, 0.717) is 16.5 Å². The first kappa shape index (κ1) is 15.0. The second-order valence-corrected chi connectivity index (χ2v) is 7.26. The van der Waals surface area contributed by atoms with Gasteiger partial charge in [-0.05, 0) is 60.1 Å². The lowest BCUT2D eigenvalue weighted by Crippen LogP contribution is -2.09. The molecule has 22 heavy (non-hydrogen) atoms. The molecule has 0 aliphatic heterocycles. The van der Waals surface area contributed by atoms with E-state index in [1.54, 1.807) is 6.07 Å². The van der Waals surface area contributed by atoms with E-state index in [1.165, 1.54) is 11.3 Å². The molecule has 0 aliphatic carbocycles. The van der Waals surface area contributed by atoms with Crippen LogP contribution in [-0.2, 0) is 0 Å². The maximum Gasteiger partial charge on any atom is 0.265 e. The van der Waals surface area contributed by atoms with Crippen molar-refractivity contribution in [1.82, 2.24) is 4.98 Å². The first-order chi connectivity index (χ1) is 10.5. The maximum absolute atomic E-state index is 12.2. The predicted molar refractivity (Wildman–Crippen MR) is 91.4 cm³/mol. The van der Waals surface area contributed by atoms with Gasteiger partial charge < -0.3 is 9.73 Å². The summed E-state index contributed by atoms with van der Waals surface area (Å²) in [6, 6.07) is 11.1. The Morgan fingerprint density at radius 3 is 2.73 bits per heavy atom. The predicted octanol–water partition coefficient (Wildman–Crippen LogP) is 5.03. The summed E-state index contributed by atoms with van der Waals surface area (Å²) in [5.41, 5.74) is 2.41. The number of aromatic nitrogens is 1. The van der Waals surface area contributed by atoms with Gasteiger partial charge in [0, 0.05) is 11.3 Å². The lowest BCUT2D eigenvalue weighted by molar-refractivity contribution is 0.103. The topological polar surface area (TPSA) is 55.1 Å². The van der Waals surface area contributed by atoms with Crippen molar-refractivity contribution in [3.05, 3.63) is 56.5 Å². The fourth-order valence-corrected chi connectivity index (χ4v) is 3.24. The van der Waals surface area contributed by atoms with Crippen LogP contribution in [0.1, 0.15) is 21.1 Å². The Morgan fingerprint density at radius 2 is 2.09 bits per heavy atom. The highest BCUT2D eigenvalue weighted by atomic mass is 79.9. The summed E-state index contributed by atoms with van der Waals surface area (Å²) in [6.07, 6.45) is 0. The van der Waals surface area contributed by atoms with E-state index in [2.05, 4.69) is 26.2 Å². The highest BCUT2D eigenvalue weighted by Gasteiger charge is 2.11. The van der Waals surface area contributed by atoms with Gasteiger partial charge in [-0.2, -0.15) is 0 Å². The molecule has 0 bridgehead atoms. The number of nitrogens with zero attached hydrogens (tertiary/aromatic N) is 1. The molecule has 4 nitrogen and oxygen atoms in total. The highest BCUT2D eigenvalue weighted by molar-refractivity contribution is 9.11. The van der Waals surface area contributed by atoms with E-state index in [0.717, 1.165) is 20.8 Å². The molecule has 2 aromatic heterocycles. The number of thiophene rings is 1. The number of benzene rings is 1. The number of halogens is 1. The van der Waals surface area contributed by atoms with Crippen molar-refractivity contribution in [2.24, 2.45) is 0 Å². The Hall–Kier alpha value is -1.92. The number of anilines is 1. The Balaban J connectivity index is 1.83. The third kappa shape index (κ3) is 3.13. The number of oxazole rings is 1. The Labute approximate surface area is 140 Å². The van der Waals surface area contributed by atoms with E-state index < -0.39 is 0 Å². The average Bonchev–Trinajstić information content (AvgIpc) is 3.06. The van der Waals surface area contributed by atoms with Crippen molar-refractivity contribution in [2.75, 3.05) is 5.32 Å². The first-order valence-electron chi connectivity index (χ1n) is 6.64. The standard InChI is InChI=1S/C16H13BrN2O2S/c1-9-10(2)21-16(18-9)11-4-3-5-12(8-11)19-15(20)13-6-7-14(17)22-13/h3-8H,1-2H3,(H,19,20). The summed E-state index contributed by atoms with van der Waals surface area (Å²) in [4.78, 5) is 17.2. The lowest BCUT2D eigenvalue weighted by Gasteiger charge is -2.04. The van der Waals surface area contributed by atoms with Crippen molar-refractivity contribution in [2.45, 2.75) is 13.8 Å². The molecular formula is C16H13BrN2O2S. The smallest absolute Gasteiger partial charge is 0.265 e. The molecule has 6 heteroatoms. The molecule has 2 heterocycles. The quantitative estimate of drug-likeness (QED) is 0.696. The van der Waals surface area contributed by atoms with Gasteiger partial charge >= 0.3 is 0 Å². The SMILES string of the molecule is Cc1nc(-c2cccc(NC(=O)c3ccc(Br)s3)c2)oc1C. The van der Waals surface area contributed by atoms with Crippen LogP contribution in [0.25, 0.3) is 11.5 Å². The minimum atomic E-state index is -0.132. The fraction of sp³-hybridized carbons (Fsp3) is 0.125. The van der Waals surface area contributed by atoms with Crippen LogP contribution in [0.5, 0.6) is 0 Å². The number of aryl methyl sites for hydroxylation is 2. The third-order valence-corrected chi connectivity index (χ3v) is 4.82. The lowest BCUT2D eigenvalue weighted by atomic mass is 10.2. The number of carbonyl (C=O) groups excluding carboxylic acids is 1. The maximum atomic E-state index is 12.2. The molecule has 0 saturated heterocycles. The molecule has 3 rings (SSSR count). The number of hydrogen-bond acceptors (Lipinski definition) is 4. The van der Waals surface area contributed by atoms with Crippen molar-refractivity contribution >= 4 is 38.9 Å². The second-order valence-electron chi connectivity index (χ2n) is 4.80. The van der Waals surface area contributed by atoms with Gasteiger partial charge in [0.15, 0.2) is 0 Å². The summed E-state index contributed by atoms with van der Waals surface area (Å²) in [6.45, 7) is 3.79. The molecule has 0 spiro atoms. The number of hydrogen-bond donors (Lipinski definition) is 1. The van der Waals surface area contributed by atoms with Crippen molar-refractivity contribution < 1.29 is 9.21 Å². The van der Waals surface area contributed by atoms with Crippen molar-refractivity contribution in [3.8, 4) is 11.5 Å². The van der Waals surface area contributed by atoms with Crippen LogP contribution in [-0.4, -0.2) is 10.9 Å². The summed E-state index contributed by atoms with van der Waals surface area (Å²) in [5.74, 6) is 1.23. The first-order valence-corrected chi connectivity index (χ1v) is 8.25. The summed E-state index contributed by atoms with van der Waals surface area (Å²) >= 11 is 4.75. The molecule has 0 aliphatic rings. The van der Waals surface area contributed by atoms with E-state index in [1.807, 2.05) is 44.2 Å². The molecule has 0 atom stereocenters. The van der Waals surface area contributed by atoms with Gasteiger partial charge in [0.1, 0.15) is 5.76 Å². The van der Waals surface area contributed by atoms with Gasteiger partial charge in [-0.15, -0.1) is 11.3 Å². The molecule has 0 unspecified atom stereocenters. The number of amides is 1. The van der Waals surface area contributed by atoms with Gasteiger partial charge in [0.05, 0.1) is 14.4 Å². The third-order valence-electron chi connectivity index (χ3n) is 3.19. The van der Waals surface area contributed by atoms with Crippen LogP contribution in [0.2, 0.25) is 0 Å². The van der Waals surface area contributed by atoms with Crippen LogP contribution < -0.4 is 5.32 Å². The molecule has 112 valence electrons. The van der Waals surface area contributed by atoms with Crippen LogP contribution in [0.15, 0.2) is 44.6 Å². The number of nitrogens with one attached hydrogen (secondary N) is 1. The van der Waals surface area contributed by atoms with Gasteiger partial charge in [0.25, 0.3) is 5.91 Å². The van der Waals surface area contributed by atoms with E-state index in [-0.39, 0.29) is 5.91 Å². The largest absolute Gasteiger partial charge is 0.441 e. The van der Waals surface area contributed by atoms with Gasteiger partial charge in [-0.1, -0.05) is 6.07 Å². The fourth-order valence-electron chi connectivity index (χ4n) is 1.96. The Kier molecular flexibility index (Phi) is 4.13. The molecule has 0 fully saturated rings. The van der Waals surface area contributed by atoms with Crippen molar-refractivity contribution in [1.29, 1.82) is 0 Å². The van der Waals surface area contributed by atoms with Gasteiger partial charge in [-0.25, -0.2) is 4.98 Å². The van der Waals surface area contributed by atoms with Gasteiger partial charge in [0.2, 0.25) is 5.89 Å². The van der Waals surface area contributed by atoms with Crippen molar-refractivity contribution in [3.63, 3.8) is 0 Å². The molecular weight excluding hydrogens is 364 g/mol. The average molecular weight is 377 g/mol. The second kappa shape index (κ2) is 6.06. The summed E-state index contributed by atoms with van der Waals surface area (Å²) in [5, 5.41) is 2.88. The zero-order chi connectivity index (χ0) is 15.7. The normalized spacial score (nSPS) is 10.7. The summed E-state index contributed by atoms with van der Waals surface area (Å²) in [7, 11) is 0. The minimum absolute atomic E-state index is 0.132. The van der Waals surface area contributed by atoms with E-state index in [4.69, 9.17) is 4.42 Å². The highest BCUT2D eigenvalue weighted by Crippen LogP contribution is 2.26. The number of rotatable bonds is 3. The van der Waals surface area contributed by atoms with Gasteiger partial charge in [-0.3, -0.25) is 4.79 Å². The molecule has 1 N–H and O–H groups in total. The van der Waals surface area contributed by atoms with Crippen LogP contribution in [0.3, 0.4) is 0 Å². The van der Waals surface area contributed by atoms with E-state index in [9.17, 15) is 4.79 Å². The van der Waals surface area contributed by atoms with E-state index >= 15 is 0 Å². The Bertz CT molecular complexity index is 819. The summed E-state index contributed by atoms with van der Waals surface area (Å²) < 4.78 is 6.55. The minimum Gasteiger partial charge on any atom is -0.441 e. The molecule has 0 saturated carbocycles. The monoisotopic (exact) mass is 376 g/mol. The molecule has 1 amide bonds. The molecule has 3 aromatic rings. The van der Waals surface area contributed by atoms with Crippen LogP contribution >= 0.6 is 27.3 Å². The Morgan fingerprint density at radius 1 is 1.27 bits per heavy atom.